The molecule has 0 atom stereocenters. The Balaban J connectivity index is 1.96. The number of ether oxygens (including phenoxy) is 2. The van der Waals surface area contributed by atoms with E-state index in [0.29, 0.717) is 0 Å². The van der Waals surface area contributed by atoms with Crippen LogP contribution in [-0.2, 0) is 0 Å². The van der Waals surface area contributed by atoms with E-state index in [1.54, 1.807) is 25.6 Å². The SMILES string of the molecule is COc1cc(Nc2nc3c(C)cccc3s2)cc(OC)c1. The van der Waals surface area contributed by atoms with Crippen LogP contribution in [0.15, 0.2) is 36.4 Å². The number of nitrogens with one attached hydrogen (secondary N) is 1. The van der Waals surface area contributed by atoms with Gasteiger partial charge in [0.1, 0.15) is 11.5 Å². The van der Waals surface area contributed by atoms with Gasteiger partial charge in [-0.3, -0.25) is 0 Å². The average Bonchev–Trinajstić information content (AvgIpc) is 2.90. The second-order valence-electron chi connectivity index (χ2n) is 4.67. The van der Waals surface area contributed by atoms with Gasteiger partial charge in [-0.25, -0.2) is 4.98 Å². The highest BCUT2D eigenvalue weighted by Crippen LogP contribution is 2.32. The van der Waals surface area contributed by atoms with Crippen molar-refractivity contribution in [3.05, 3.63) is 42.0 Å². The Hall–Kier alpha value is -2.27. The fraction of sp³-hybridized carbons (Fsp3) is 0.188. The van der Waals surface area contributed by atoms with Gasteiger partial charge in [0, 0.05) is 23.9 Å². The number of para-hydroxylation sites is 1. The second-order valence-corrected chi connectivity index (χ2v) is 5.70. The van der Waals surface area contributed by atoms with Crippen molar-refractivity contribution in [1.29, 1.82) is 0 Å². The van der Waals surface area contributed by atoms with Crippen LogP contribution in [0.4, 0.5) is 10.8 Å². The highest BCUT2D eigenvalue weighted by Gasteiger charge is 2.07. The first-order valence-electron chi connectivity index (χ1n) is 6.56. The number of anilines is 2. The van der Waals surface area contributed by atoms with E-state index in [-0.39, 0.29) is 0 Å². The molecule has 3 aromatic rings. The predicted molar refractivity (Wildman–Crippen MR) is 87.2 cm³/mol. The van der Waals surface area contributed by atoms with Crippen molar-refractivity contribution in [2.75, 3.05) is 19.5 Å². The zero-order chi connectivity index (χ0) is 14.8. The van der Waals surface area contributed by atoms with E-state index in [1.807, 2.05) is 24.3 Å². The van der Waals surface area contributed by atoms with Gasteiger partial charge < -0.3 is 14.8 Å². The summed E-state index contributed by atoms with van der Waals surface area (Å²) in [5, 5.41) is 4.17. The normalized spacial score (nSPS) is 10.6. The van der Waals surface area contributed by atoms with Crippen LogP contribution in [-0.4, -0.2) is 19.2 Å². The van der Waals surface area contributed by atoms with E-state index >= 15 is 0 Å². The maximum atomic E-state index is 5.28. The smallest absolute Gasteiger partial charge is 0.188 e. The number of rotatable bonds is 4. The van der Waals surface area contributed by atoms with Crippen LogP contribution < -0.4 is 14.8 Å². The minimum Gasteiger partial charge on any atom is -0.497 e. The van der Waals surface area contributed by atoms with Gasteiger partial charge >= 0.3 is 0 Å². The molecule has 3 rings (SSSR count). The Morgan fingerprint density at radius 2 is 1.76 bits per heavy atom. The lowest BCUT2D eigenvalue weighted by Gasteiger charge is -2.08. The summed E-state index contributed by atoms with van der Waals surface area (Å²) in [7, 11) is 3.28. The van der Waals surface area contributed by atoms with Crippen LogP contribution in [0.25, 0.3) is 10.2 Å². The summed E-state index contributed by atoms with van der Waals surface area (Å²) in [6.07, 6.45) is 0. The molecule has 0 fully saturated rings. The molecular formula is C16H16N2O2S. The van der Waals surface area contributed by atoms with E-state index in [4.69, 9.17) is 9.47 Å². The van der Waals surface area contributed by atoms with E-state index in [1.165, 1.54) is 10.3 Å². The molecular weight excluding hydrogens is 284 g/mol. The Morgan fingerprint density at radius 3 is 2.38 bits per heavy atom. The first kappa shape index (κ1) is 13.7. The topological polar surface area (TPSA) is 43.4 Å². The van der Waals surface area contributed by atoms with Crippen LogP contribution in [0.5, 0.6) is 11.5 Å². The van der Waals surface area contributed by atoms with Gasteiger partial charge in [0.05, 0.1) is 24.4 Å². The van der Waals surface area contributed by atoms with Crippen molar-refractivity contribution in [3.63, 3.8) is 0 Å². The molecule has 0 saturated carbocycles. The monoisotopic (exact) mass is 300 g/mol. The number of hydrogen-bond acceptors (Lipinski definition) is 5. The van der Waals surface area contributed by atoms with Crippen molar-refractivity contribution in [2.45, 2.75) is 6.92 Å². The maximum absolute atomic E-state index is 5.28. The molecule has 0 unspecified atom stereocenters. The zero-order valence-electron chi connectivity index (χ0n) is 12.1. The summed E-state index contributed by atoms with van der Waals surface area (Å²) in [6.45, 7) is 2.07. The largest absolute Gasteiger partial charge is 0.497 e. The number of aryl methyl sites for hydroxylation is 1. The van der Waals surface area contributed by atoms with Gasteiger partial charge in [-0.1, -0.05) is 23.5 Å². The number of nitrogens with zero attached hydrogens (tertiary/aromatic N) is 1. The predicted octanol–water partition coefficient (Wildman–Crippen LogP) is 4.37. The molecule has 4 nitrogen and oxygen atoms in total. The van der Waals surface area contributed by atoms with Crippen LogP contribution >= 0.6 is 11.3 Å². The number of hydrogen-bond donors (Lipinski definition) is 1. The molecule has 0 aliphatic heterocycles. The molecule has 0 spiro atoms. The molecule has 2 aromatic carbocycles. The summed E-state index contributed by atoms with van der Waals surface area (Å²) in [5.41, 5.74) is 3.11. The van der Waals surface area contributed by atoms with Gasteiger partial charge in [0.2, 0.25) is 0 Å². The molecule has 0 aliphatic carbocycles. The van der Waals surface area contributed by atoms with Crippen LogP contribution in [0.2, 0.25) is 0 Å². The molecule has 5 heteroatoms. The number of thiazole rings is 1. The Bertz CT molecular complexity index is 761. The quantitative estimate of drug-likeness (QED) is 0.777. The summed E-state index contributed by atoms with van der Waals surface area (Å²) < 4.78 is 11.7. The standard InChI is InChI=1S/C16H16N2O2S/c1-10-5-4-6-14-15(10)18-16(21-14)17-11-7-12(19-2)9-13(8-11)20-3/h4-9H,1-3H3,(H,17,18). The highest BCUT2D eigenvalue weighted by molar-refractivity contribution is 7.22. The Kier molecular flexibility index (Phi) is 3.66. The molecule has 1 aromatic heterocycles. The third-order valence-electron chi connectivity index (χ3n) is 3.22. The molecule has 0 bridgehead atoms. The fourth-order valence-corrected chi connectivity index (χ4v) is 3.11. The van der Waals surface area contributed by atoms with Crippen molar-refractivity contribution in [2.24, 2.45) is 0 Å². The van der Waals surface area contributed by atoms with Crippen molar-refractivity contribution >= 4 is 32.4 Å². The molecule has 21 heavy (non-hydrogen) atoms. The van der Waals surface area contributed by atoms with Gasteiger partial charge in [-0.15, -0.1) is 0 Å². The van der Waals surface area contributed by atoms with Gasteiger partial charge in [-0.05, 0) is 18.6 Å². The van der Waals surface area contributed by atoms with Gasteiger partial charge in [0.15, 0.2) is 5.13 Å². The lowest BCUT2D eigenvalue weighted by molar-refractivity contribution is 0.395. The van der Waals surface area contributed by atoms with Crippen molar-refractivity contribution < 1.29 is 9.47 Å². The van der Waals surface area contributed by atoms with Gasteiger partial charge in [-0.2, -0.15) is 0 Å². The minimum absolute atomic E-state index is 0.745. The van der Waals surface area contributed by atoms with E-state index in [2.05, 4.69) is 29.4 Å². The summed E-state index contributed by atoms with van der Waals surface area (Å²) >= 11 is 1.63. The lowest BCUT2D eigenvalue weighted by Crippen LogP contribution is -1.93. The second kappa shape index (κ2) is 5.61. The van der Waals surface area contributed by atoms with Crippen molar-refractivity contribution in [3.8, 4) is 11.5 Å². The van der Waals surface area contributed by atoms with Gasteiger partial charge in [0.25, 0.3) is 0 Å². The van der Waals surface area contributed by atoms with Crippen LogP contribution in [0.3, 0.4) is 0 Å². The number of aromatic nitrogens is 1. The number of methoxy groups -OCH3 is 2. The third-order valence-corrected chi connectivity index (χ3v) is 4.16. The van der Waals surface area contributed by atoms with E-state index < -0.39 is 0 Å². The molecule has 0 amide bonds. The van der Waals surface area contributed by atoms with E-state index in [0.717, 1.165) is 27.8 Å². The molecule has 0 saturated heterocycles. The highest BCUT2D eigenvalue weighted by atomic mass is 32.1. The summed E-state index contributed by atoms with van der Waals surface area (Å²) in [4.78, 5) is 4.64. The molecule has 1 N–H and O–H groups in total. The molecule has 108 valence electrons. The molecule has 0 radical (unpaired) electrons. The zero-order valence-corrected chi connectivity index (χ0v) is 13.0. The van der Waals surface area contributed by atoms with E-state index in [9.17, 15) is 0 Å². The summed E-state index contributed by atoms with van der Waals surface area (Å²) in [5.74, 6) is 1.49. The lowest BCUT2D eigenvalue weighted by atomic mass is 10.2. The number of benzene rings is 2. The number of fused-ring (bicyclic) bond motifs is 1. The fourth-order valence-electron chi connectivity index (χ4n) is 2.14. The van der Waals surface area contributed by atoms with Crippen LogP contribution in [0, 0.1) is 6.92 Å². The maximum Gasteiger partial charge on any atom is 0.188 e. The average molecular weight is 300 g/mol. The molecule has 0 aliphatic rings. The summed E-state index contributed by atoms with van der Waals surface area (Å²) in [6, 6.07) is 11.9. The first-order chi connectivity index (χ1) is 10.2. The van der Waals surface area contributed by atoms with Crippen molar-refractivity contribution in [1.82, 2.24) is 4.98 Å². The third kappa shape index (κ3) is 2.78. The Morgan fingerprint density at radius 1 is 1.05 bits per heavy atom. The first-order valence-corrected chi connectivity index (χ1v) is 7.37. The minimum atomic E-state index is 0.745. The molecule has 1 heterocycles. The Labute approximate surface area is 127 Å². The van der Waals surface area contributed by atoms with Crippen LogP contribution in [0.1, 0.15) is 5.56 Å².